The van der Waals surface area contributed by atoms with E-state index in [-0.39, 0.29) is 0 Å². The van der Waals surface area contributed by atoms with Crippen LogP contribution < -0.4 is 5.32 Å². The second-order valence-electron chi connectivity index (χ2n) is 4.91. The van der Waals surface area contributed by atoms with Gasteiger partial charge in [-0.1, -0.05) is 13.3 Å². The summed E-state index contributed by atoms with van der Waals surface area (Å²) in [6.07, 6.45) is 4.09. The largest absolute Gasteiger partial charge is 0.465 e. The minimum Gasteiger partial charge on any atom is -0.465 e. The summed E-state index contributed by atoms with van der Waals surface area (Å²) in [5, 5.41) is 3.30. The average molecular weight is 236 g/mol. The van der Waals surface area contributed by atoms with Gasteiger partial charge in [0.2, 0.25) is 0 Å². The molecule has 96 valence electrons. The van der Waals surface area contributed by atoms with Gasteiger partial charge >= 0.3 is 0 Å². The fourth-order valence-corrected chi connectivity index (χ4v) is 2.44. The van der Waals surface area contributed by atoms with Gasteiger partial charge in [-0.15, -0.1) is 0 Å². The summed E-state index contributed by atoms with van der Waals surface area (Å²) in [4.78, 5) is 2.54. The van der Waals surface area contributed by atoms with Gasteiger partial charge in [0.15, 0.2) is 0 Å². The fourth-order valence-electron chi connectivity index (χ4n) is 2.44. The van der Waals surface area contributed by atoms with Crippen LogP contribution in [0.25, 0.3) is 0 Å². The lowest BCUT2D eigenvalue weighted by molar-refractivity contribution is 0.219. The molecule has 0 aliphatic carbocycles. The number of piperidine rings is 1. The van der Waals surface area contributed by atoms with E-state index >= 15 is 0 Å². The lowest BCUT2D eigenvalue weighted by atomic mass is 10.1. The van der Waals surface area contributed by atoms with Gasteiger partial charge in [-0.3, -0.25) is 4.90 Å². The molecule has 1 aliphatic rings. The van der Waals surface area contributed by atoms with E-state index in [0.29, 0.717) is 0 Å². The Morgan fingerprint density at radius 1 is 1.29 bits per heavy atom. The minimum absolute atomic E-state index is 0.845. The molecule has 17 heavy (non-hydrogen) atoms. The highest BCUT2D eigenvalue weighted by Crippen LogP contribution is 2.19. The normalized spacial score (nSPS) is 17.5. The topological polar surface area (TPSA) is 28.4 Å². The summed E-state index contributed by atoms with van der Waals surface area (Å²) in [6.45, 7) is 9.57. The van der Waals surface area contributed by atoms with Crippen molar-refractivity contribution in [1.82, 2.24) is 10.2 Å². The van der Waals surface area contributed by atoms with E-state index in [9.17, 15) is 0 Å². The monoisotopic (exact) mass is 236 g/mol. The number of nitrogens with one attached hydrogen (secondary N) is 1. The van der Waals surface area contributed by atoms with Gasteiger partial charge in [-0.05, 0) is 45.5 Å². The molecule has 2 rings (SSSR count). The van der Waals surface area contributed by atoms with E-state index in [1.165, 1.54) is 37.9 Å². The zero-order valence-corrected chi connectivity index (χ0v) is 11.1. The van der Waals surface area contributed by atoms with Gasteiger partial charge in [0.25, 0.3) is 0 Å². The van der Waals surface area contributed by atoms with Crippen molar-refractivity contribution in [3.63, 3.8) is 0 Å². The third kappa shape index (κ3) is 3.58. The molecule has 1 aliphatic heterocycles. The van der Waals surface area contributed by atoms with Crippen LogP contribution in [0.4, 0.5) is 0 Å². The molecular weight excluding hydrogens is 212 g/mol. The lowest BCUT2D eigenvalue weighted by Crippen LogP contribution is -2.29. The molecular formula is C14H24N2O. The second kappa shape index (κ2) is 6.22. The van der Waals surface area contributed by atoms with Crippen LogP contribution in [0.5, 0.6) is 0 Å². The number of hydrogen-bond acceptors (Lipinski definition) is 3. The molecule has 0 bridgehead atoms. The molecule has 0 unspecified atom stereocenters. The van der Waals surface area contributed by atoms with Gasteiger partial charge in [0.05, 0.1) is 6.54 Å². The second-order valence-corrected chi connectivity index (χ2v) is 4.91. The van der Waals surface area contributed by atoms with Gasteiger partial charge in [0.1, 0.15) is 11.5 Å². The van der Waals surface area contributed by atoms with Crippen molar-refractivity contribution in [2.75, 3.05) is 19.6 Å². The van der Waals surface area contributed by atoms with E-state index in [0.717, 1.165) is 31.2 Å². The molecule has 0 radical (unpaired) electrons. The summed E-state index contributed by atoms with van der Waals surface area (Å²) < 4.78 is 5.77. The Morgan fingerprint density at radius 2 is 2.06 bits per heavy atom. The Balaban J connectivity index is 1.92. The Labute approximate surface area is 104 Å². The summed E-state index contributed by atoms with van der Waals surface area (Å²) in [5.74, 6) is 2.15. The smallest absolute Gasteiger partial charge is 0.118 e. The van der Waals surface area contributed by atoms with E-state index in [1.807, 2.05) is 0 Å². The Bertz CT molecular complexity index is 340. The third-order valence-corrected chi connectivity index (χ3v) is 3.46. The standard InChI is InChI=1S/C14H24N2O/c1-3-15-10-14-9-13(12(2)17-14)11-16-7-5-4-6-8-16/h9,15H,3-8,10-11H2,1-2H3. The van der Waals surface area contributed by atoms with Crippen molar-refractivity contribution in [2.24, 2.45) is 0 Å². The van der Waals surface area contributed by atoms with Gasteiger partial charge in [0, 0.05) is 12.1 Å². The van der Waals surface area contributed by atoms with Crippen molar-refractivity contribution < 1.29 is 4.42 Å². The van der Waals surface area contributed by atoms with Crippen LogP contribution in [0, 0.1) is 6.92 Å². The number of furan rings is 1. The highest BCUT2D eigenvalue weighted by atomic mass is 16.3. The minimum atomic E-state index is 0.845. The van der Waals surface area contributed by atoms with Gasteiger partial charge in [-0.2, -0.15) is 0 Å². The lowest BCUT2D eigenvalue weighted by Gasteiger charge is -2.25. The maximum Gasteiger partial charge on any atom is 0.118 e. The van der Waals surface area contributed by atoms with Gasteiger partial charge < -0.3 is 9.73 Å². The number of nitrogens with zero attached hydrogens (tertiary/aromatic N) is 1. The van der Waals surface area contributed by atoms with Crippen molar-refractivity contribution in [3.8, 4) is 0 Å². The maximum absolute atomic E-state index is 5.77. The Morgan fingerprint density at radius 3 is 2.76 bits per heavy atom. The molecule has 1 N–H and O–H groups in total. The molecule has 3 nitrogen and oxygen atoms in total. The van der Waals surface area contributed by atoms with Crippen LogP contribution in [-0.4, -0.2) is 24.5 Å². The molecule has 3 heteroatoms. The van der Waals surface area contributed by atoms with Crippen molar-refractivity contribution in [2.45, 2.75) is 46.2 Å². The molecule has 0 spiro atoms. The summed E-state index contributed by atoms with van der Waals surface area (Å²) in [7, 11) is 0. The molecule has 1 aromatic rings. The summed E-state index contributed by atoms with van der Waals surface area (Å²) >= 11 is 0. The Kier molecular flexibility index (Phi) is 4.63. The SMILES string of the molecule is CCNCc1cc(CN2CCCCC2)c(C)o1. The molecule has 0 amide bonds. The first-order chi connectivity index (χ1) is 8.29. The zero-order valence-electron chi connectivity index (χ0n) is 11.1. The predicted molar refractivity (Wildman–Crippen MR) is 70.0 cm³/mol. The number of hydrogen-bond donors (Lipinski definition) is 1. The van der Waals surface area contributed by atoms with E-state index in [1.54, 1.807) is 0 Å². The average Bonchev–Trinajstić information content (AvgIpc) is 2.69. The number of rotatable bonds is 5. The third-order valence-electron chi connectivity index (χ3n) is 3.46. The Hall–Kier alpha value is -0.800. The first kappa shape index (κ1) is 12.7. The molecule has 2 heterocycles. The quantitative estimate of drug-likeness (QED) is 0.852. The summed E-state index contributed by atoms with van der Waals surface area (Å²) in [6, 6.07) is 2.21. The molecule has 0 saturated carbocycles. The first-order valence-corrected chi connectivity index (χ1v) is 6.81. The zero-order chi connectivity index (χ0) is 12.1. The van der Waals surface area contributed by atoms with E-state index < -0.39 is 0 Å². The van der Waals surface area contributed by atoms with Crippen LogP contribution in [0.2, 0.25) is 0 Å². The predicted octanol–water partition coefficient (Wildman–Crippen LogP) is 2.68. The van der Waals surface area contributed by atoms with Crippen LogP contribution in [0.3, 0.4) is 0 Å². The van der Waals surface area contributed by atoms with Crippen molar-refractivity contribution >= 4 is 0 Å². The van der Waals surface area contributed by atoms with Crippen molar-refractivity contribution in [1.29, 1.82) is 0 Å². The molecule has 1 aromatic heterocycles. The number of likely N-dealkylation sites (tertiary alicyclic amines) is 1. The molecule has 1 fully saturated rings. The van der Waals surface area contributed by atoms with Gasteiger partial charge in [-0.25, -0.2) is 0 Å². The molecule has 0 aromatic carbocycles. The van der Waals surface area contributed by atoms with Crippen LogP contribution in [0.15, 0.2) is 10.5 Å². The highest BCUT2D eigenvalue weighted by Gasteiger charge is 2.14. The van der Waals surface area contributed by atoms with E-state index in [2.05, 4.69) is 30.1 Å². The number of aryl methyl sites for hydroxylation is 1. The fraction of sp³-hybridized carbons (Fsp3) is 0.714. The van der Waals surface area contributed by atoms with E-state index in [4.69, 9.17) is 4.42 Å². The molecule has 1 saturated heterocycles. The van der Waals surface area contributed by atoms with Crippen molar-refractivity contribution in [3.05, 3.63) is 23.2 Å². The maximum atomic E-state index is 5.77. The van der Waals surface area contributed by atoms with Crippen LogP contribution in [-0.2, 0) is 13.1 Å². The highest BCUT2D eigenvalue weighted by molar-refractivity contribution is 5.20. The van der Waals surface area contributed by atoms with Crippen LogP contribution >= 0.6 is 0 Å². The first-order valence-electron chi connectivity index (χ1n) is 6.81. The molecule has 0 atom stereocenters. The summed E-state index contributed by atoms with van der Waals surface area (Å²) in [5.41, 5.74) is 1.36. The van der Waals surface area contributed by atoms with Crippen LogP contribution in [0.1, 0.15) is 43.3 Å².